The van der Waals surface area contributed by atoms with Crippen LogP contribution in [-0.2, 0) is 0 Å². The summed E-state index contributed by atoms with van der Waals surface area (Å²) >= 11 is 11.7. The Morgan fingerprint density at radius 2 is 1.76 bits per heavy atom. The standard InChI is InChI=1S/C11H6Cl2N2O2/c12-9-3-1-7(5-10(9)13)8-2-4-11(14-6-8)15(16)17/h1-6H. The normalized spacial score (nSPS) is 10.2. The maximum Gasteiger partial charge on any atom is 0.363 e. The van der Waals surface area contributed by atoms with Crippen molar-refractivity contribution in [3.63, 3.8) is 0 Å². The number of hydrogen-bond acceptors (Lipinski definition) is 3. The van der Waals surface area contributed by atoms with E-state index >= 15 is 0 Å². The first-order valence-corrected chi connectivity index (χ1v) is 5.39. The van der Waals surface area contributed by atoms with Gasteiger partial charge in [-0.15, -0.1) is 0 Å². The molecule has 0 radical (unpaired) electrons. The Labute approximate surface area is 107 Å². The number of pyridine rings is 1. The van der Waals surface area contributed by atoms with Gasteiger partial charge in [0.05, 0.1) is 10.0 Å². The number of halogens is 2. The average Bonchev–Trinajstić information content (AvgIpc) is 2.33. The molecule has 1 heterocycles. The third-order valence-electron chi connectivity index (χ3n) is 2.19. The molecule has 0 amide bonds. The maximum atomic E-state index is 10.5. The fourth-order valence-corrected chi connectivity index (χ4v) is 1.64. The van der Waals surface area contributed by atoms with Crippen molar-refractivity contribution in [3.8, 4) is 11.1 Å². The quantitative estimate of drug-likeness (QED) is 0.612. The predicted octanol–water partition coefficient (Wildman–Crippen LogP) is 3.96. The minimum Gasteiger partial charge on any atom is -0.358 e. The molecule has 2 aromatic rings. The molecule has 0 fully saturated rings. The molecule has 1 aromatic heterocycles. The van der Waals surface area contributed by atoms with Crippen LogP contribution in [0.25, 0.3) is 11.1 Å². The van der Waals surface area contributed by atoms with Gasteiger partial charge in [0.25, 0.3) is 0 Å². The maximum absolute atomic E-state index is 10.5. The van der Waals surface area contributed by atoms with Gasteiger partial charge in [-0.1, -0.05) is 29.3 Å². The third-order valence-corrected chi connectivity index (χ3v) is 2.93. The second-order valence-electron chi connectivity index (χ2n) is 3.29. The van der Waals surface area contributed by atoms with Crippen LogP contribution < -0.4 is 0 Å². The summed E-state index contributed by atoms with van der Waals surface area (Å²) in [6.45, 7) is 0. The first-order valence-electron chi connectivity index (χ1n) is 4.64. The van der Waals surface area contributed by atoms with Gasteiger partial charge in [-0.3, -0.25) is 0 Å². The van der Waals surface area contributed by atoms with Crippen LogP contribution in [0.1, 0.15) is 0 Å². The fourth-order valence-electron chi connectivity index (χ4n) is 1.34. The van der Waals surface area contributed by atoms with Crippen LogP contribution in [0.5, 0.6) is 0 Å². The zero-order valence-electron chi connectivity index (χ0n) is 8.43. The van der Waals surface area contributed by atoms with E-state index < -0.39 is 4.92 Å². The van der Waals surface area contributed by atoms with Crippen LogP contribution >= 0.6 is 23.2 Å². The van der Waals surface area contributed by atoms with E-state index in [4.69, 9.17) is 23.2 Å². The van der Waals surface area contributed by atoms with Crippen molar-refractivity contribution >= 4 is 29.0 Å². The highest BCUT2D eigenvalue weighted by atomic mass is 35.5. The van der Waals surface area contributed by atoms with Gasteiger partial charge >= 0.3 is 5.82 Å². The zero-order valence-corrected chi connectivity index (χ0v) is 9.94. The van der Waals surface area contributed by atoms with Crippen LogP contribution in [0, 0.1) is 10.1 Å². The molecule has 0 bridgehead atoms. The minimum absolute atomic E-state index is 0.186. The van der Waals surface area contributed by atoms with Crippen LogP contribution in [0.4, 0.5) is 5.82 Å². The molecule has 0 aliphatic carbocycles. The highest BCUT2D eigenvalue weighted by Crippen LogP contribution is 2.28. The van der Waals surface area contributed by atoms with E-state index in [-0.39, 0.29) is 5.82 Å². The highest BCUT2D eigenvalue weighted by Gasteiger charge is 2.08. The Morgan fingerprint density at radius 1 is 1.06 bits per heavy atom. The molecule has 6 heteroatoms. The van der Waals surface area contributed by atoms with E-state index in [1.165, 1.54) is 12.3 Å². The van der Waals surface area contributed by atoms with Crippen molar-refractivity contribution < 1.29 is 4.92 Å². The second-order valence-corrected chi connectivity index (χ2v) is 4.11. The van der Waals surface area contributed by atoms with Gasteiger partial charge in [0.1, 0.15) is 6.20 Å². The molecular formula is C11H6Cl2N2O2. The Bertz CT molecular complexity index is 570. The van der Waals surface area contributed by atoms with E-state index in [2.05, 4.69) is 4.98 Å². The summed E-state index contributed by atoms with van der Waals surface area (Å²) in [7, 11) is 0. The number of nitrogens with zero attached hydrogens (tertiary/aromatic N) is 2. The summed E-state index contributed by atoms with van der Waals surface area (Å²) in [5.74, 6) is -0.186. The first-order chi connectivity index (χ1) is 8.08. The van der Waals surface area contributed by atoms with Crippen LogP contribution in [0.2, 0.25) is 10.0 Å². The molecule has 0 aliphatic rings. The summed E-state index contributed by atoms with van der Waals surface area (Å²) in [6, 6.07) is 8.09. The zero-order chi connectivity index (χ0) is 12.4. The topological polar surface area (TPSA) is 56.0 Å². The van der Waals surface area contributed by atoms with Gasteiger partial charge in [0, 0.05) is 11.6 Å². The molecule has 0 saturated heterocycles. The number of hydrogen-bond donors (Lipinski definition) is 0. The largest absolute Gasteiger partial charge is 0.363 e. The van der Waals surface area contributed by atoms with Crippen molar-refractivity contribution in [2.75, 3.05) is 0 Å². The average molecular weight is 269 g/mol. The molecule has 4 nitrogen and oxygen atoms in total. The van der Waals surface area contributed by atoms with Gasteiger partial charge < -0.3 is 10.1 Å². The number of nitro groups is 1. The van der Waals surface area contributed by atoms with Crippen LogP contribution in [0.3, 0.4) is 0 Å². The Balaban J connectivity index is 2.39. The summed E-state index contributed by atoms with van der Waals surface area (Å²) in [5.41, 5.74) is 1.55. The number of benzene rings is 1. The van der Waals surface area contributed by atoms with Gasteiger partial charge in [0.2, 0.25) is 0 Å². The van der Waals surface area contributed by atoms with E-state index in [9.17, 15) is 10.1 Å². The molecule has 1 aromatic carbocycles. The predicted molar refractivity (Wildman–Crippen MR) is 66.3 cm³/mol. The molecule has 0 aliphatic heterocycles. The smallest absolute Gasteiger partial charge is 0.358 e. The van der Waals surface area contributed by atoms with Gasteiger partial charge in [0.15, 0.2) is 0 Å². The van der Waals surface area contributed by atoms with Gasteiger partial charge in [-0.25, -0.2) is 0 Å². The van der Waals surface area contributed by atoms with Crippen molar-refractivity contribution in [1.82, 2.24) is 4.98 Å². The van der Waals surface area contributed by atoms with E-state index in [1.807, 2.05) is 0 Å². The minimum atomic E-state index is -0.543. The lowest BCUT2D eigenvalue weighted by Gasteiger charge is -2.01. The number of aromatic nitrogens is 1. The molecule has 0 spiro atoms. The third kappa shape index (κ3) is 2.54. The molecule has 0 saturated carbocycles. The molecule has 0 unspecified atom stereocenters. The van der Waals surface area contributed by atoms with Gasteiger partial charge in [-0.2, -0.15) is 0 Å². The lowest BCUT2D eigenvalue weighted by Crippen LogP contribution is -1.91. The molecule has 17 heavy (non-hydrogen) atoms. The fraction of sp³-hybridized carbons (Fsp3) is 0. The van der Waals surface area contributed by atoms with E-state index in [0.29, 0.717) is 10.0 Å². The Kier molecular flexibility index (Phi) is 3.26. The highest BCUT2D eigenvalue weighted by molar-refractivity contribution is 6.42. The monoisotopic (exact) mass is 268 g/mol. The van der Waals surface area contributed by atoms with Crippen molar-refractivity contribution in [2.24, 2.45) is 0 Å². The van der Waals surface area contributed by atoms with Crippen LogP contribution in [-0.4, -0.2) is 9.91 Å². The molecule has 0 N–H and O–H groups in total. The van der Waals surface area contributed by atoms with E-state index in [1.54, 1.807) is 24.3 Å². The molecular weight excluding hydrogens is 263 g/mol. The SMILES string of the molecule is O=[N+]([O-])c1ccc(-c2ccc(Cl)c(Cl)c2)cn1. The summed E-state index contributed by atoms with van der Waals surface area (Å²) in [5, 5.41) is 11.3. The first kappa shape index (κ1) is 11.8. The second kappa shape index (κ2) is 4.69. The molecule has 2 rings (SSSR count). The lowest BCUT2D eigenvalue weighted by molar-refractivity contribution is -0.389. The van der Waals surface area contributed by atoms with Crippen LogP contribution in [0.15, 0.2) is 36.5 Å². The Hall–Kier alpha value is -1.65. The van der Waals surface area contributed by atoms with Gasteiger partial charge in [-0.05, 0) is 33.7 Å². The number of rotatable bonds is 2. The summed E-state index contributed by atoms with van der Waals surface area (Å²) < 4.78 is 0. The van der Waals surface area contributed by atoms with Crippen molar-refractivity contribution in [2.45, 2.75) is 0 Å². The summed E-state index contributed by atoms with van der Waals surface area (Å²) in [4.78, 5) is 13.6. The Morgan fingerprint density at radius 3 is 2.29 bits per heavy atom. The van der Waals surface area contributed by atoms with Crippen molar-refractivity contribution in [3.05, 3.63) is 56.7 Å². The molecule has 0 atom stereocenters. The lowest BCUT2D eigenvalue weighted by atomic mass is 10.1. The van der Waals surface area contributed by atoms with Crippen molar-refractivity contribution in [1.29, 1.82) is 0 Å². The summed E-state index contributed by atoms with van der Waals surface area (Å²) in [6.07, 6.45) is 1.43. The molecule has 86 valence electrons. The van der Waals surface area contributed by atoms with E-state index in [0.717, 1.165) is 11.1 Å².